The number of carbonyl (C=O) groups excluding carboxylic acids is 1. The van der Waals surface area contributed by atoms with Crippen molar-refractivity contribution >= 4 is 16.7 Å². The quantitative estimate of drug-likeness (QED) is 0.408. The first-order chi connectivity index (χ1) is 16.5. The molecule has 3 aromatic carbocycles. The Kier molecular flexibility index (Phi) is 5.81. The number of rotatable bonds is 5. The Morgan fingerprint density at radius 3 is 2.62 bits per heavy atom. The minimum absolute atomic E-state index is 0.0220. The zero-order valence-corrected chi connectivity index (χ0v) is 18.4. The van der Waals surface area contributed by atoms with Crippen molar-refractivity contribution in [3.63, 3.8) is 0 Å². The SMILES string of the molecule is CCn1nc(C(=O)OCc2cc(F)cc3c2O[C@H](c2ccccc2)OC3)c2ccccc2c1=O. The van der Waals surface area contributed by atoms with Crippen molar-refractivity contribution in [2.45, 2.75) is 33.0 Å². The van der Waals surface area contributed by atoms with Gasteiger partial charge in [-0.2, -0.15) is 5.10 Å². The molecule has 0 bridgehead atoms. The fraction of sp³-hybridized carbons (Fsp3) is 0.192. The molecule has 1 aromatic heterocycles. The van der Waals surface area contributed by atoms with E-state index in [1.807, 2.05) is 30.3 Å². The number of carbonyl (C=O) groups is 1. The van der Waals surface area contributed by atoms with Gasteiger partial charge in [-0.05, 0) is 25.1 Å². The number of fused-ring (bicyclic) bond motifs is 2. The topological polar surface area (TPSA) is 79.7 Å². The molecule has 5 rings (SSSR count). The third-order valence-corrected chi connectivity index (χ3v) is 5.61. The highest BCUT2D eigenvalue weighted by Crippen LogP contribution is 2.37. The Morgan fingerprint density at radius 1 is 1.12 bits per heavy atom. The van der Waals surface area contributed by atoms with Gasteiger partial charge in [0.1, 0.15) is 18.2 Å². The van der Waals surface area contributed by atoms with E-state index in [1.54, 1.807) is 31.2 Å². The van der Waals surface area contributed by atoms with Gasteiger partial charge in [0.25, 0.3) is 5.56 Å². The summed E-state index contributed by atoms with van der Waals surface area (Å²) in [6.07, 6.45) is -0.660. The minimum atomic E-state index is -0.719. The zero-order chi connectivity index (χ0) is 23.7. The third-order valence-electron chi connectivity index (χ3n) is 5.61. The van der Waals surface area contributed by atoms with Gasteiger partial charge in [-0.3, -0.25) is 4.79 Å². The number of hydrogen-bond donors (Lipinski definition) is 0. The van der Waals surface area contributed by atoms with Crippen LogP contribution in [0.4, 0.5) is 4.39 Å². The Hall–Kier alpha value is -4.04. The minimum Gasteiger partial charge on any atom is -0.460 e. The molecule has 0 unspecified atom stereocenters. The van der Waals surface area contributed by atoms with Gasteiger partial charge < -0.3 is 14.2 Å². The van der Waals surface area contributed by atoms with Crippen LogP contribution in [-0.4, -0.2) is 15.7 Å². The standard InChI is InChI=1S/C26H21FN2O5/c1-2-29-24(30)21-11-7-6-10-20(21)22(28-29)25(31)32-14-17-12-19(27)13-18-15-33-26(34-23(17)18)16-8-4-3-5-9-16/h3-13,26H,2,14-15H2,1H3/t26-/m1/s1. The predicted molar refractivity (Wildman–Crippen MR) is 122 cm³/mol. The fourth-order valence-electron chi connectivity index (χ4n) is 3.97. The van der Waals surface area contributed by atoms with E-state index in [9.17, 15) is 14.0 Å². The highest BCUT2D eigenvalue weighted by molar-refractivity contribution is 6.02. The molecule has 2 heterocycles. The van der Waals surface area contributed by atoms with Crippen molar-refractivity contribution < 1.29 is 23.4 Å². The lowest BCUT2D eigenvalue weighted by molar-refractivity contribution is -0.112. The second-order valence-corrected chi connectivity index (χ2v) is 7.82. The highest BCUT2D eigenvalue weighted by atomic mass is 19.1. The highest BCUT2D eigenvalue weighted by Gasteiger charge is 2.26. The molecule has 0 saturated heterocycles. The summed E-state index contributed by atoms with van der Waals surface area (Å²) >= 11 is 0. The lowest BCUT2D eigenvalue weighted by Crippen LogP contribution is -2.26. The smallest absolute Gasteiger partial charge is 0.359 e. The first-order valence-electron chi connectivity index (χ1n) is 10.9. The largest absolute Gasteiger partial charge is 0.460 e. The Labute approximate surface area is 194 Å². The van der Waals surface area contributed by atoms with E-state index in [2.05, 4.69) is 5.10 Å². The van der Waals surface area contributed by atoms with E-state index in [0.717, 1.165) is 5.56 Å². The fourth-order valence-corrected chi connectivity index (χ4v) is 3.97. The van der Waals surface area contributed by atoms with Crippen LogP contribution < -0.4 is 10.3 Å². The molecule has 34 heavy (non-hydrogen) atoms. The summed E-state index contributed by atoms with van der Waals surface area (Å²) in [6.45, 7) is 1.99. The van der Waals surface area contributed by atoms with Crippen molar-refractivity contribution in [3.8, 4) is 5.75 Å². The zero-order valence-electron chi connectivity index (χ0n) is 18.4. The number of halogens is 1. The van der Waals surface area contributed by atoms with Gasteiger partial charge in [0.2, 0.25) is 6.29 Å². The molecule has 1 atom stereocenters. The molecule has 7 nitrogen and oxygen atoms in total. The van der Waals surface area contributed by atoms with E-state index in [4.69, 9.17) is 14.2 Å². The Bertz CT molecular complexity index is 1430. The molecule has 1 aliphatic rings. The summed E-state index contributed by atoms with van der Waals surface area (Å²) in [5, 5.41) is 4.97. The molecule has 4 aromatic rings. The third kappa shape index (κ3) is 4.04. The van der Waals surface area contributed by atoms with Crippen LogP contribution >= 0.6 is 0 Å². The van der Waals surface area contributed by atoms with Gasteiger partial charge in [0.15, 0.2) is 5.69 Å². The number of aryl methyl sites for hydroxylation is 1. The van der Waals surface area contributed by atoms with Gasteiger partial charge in [0, 0.05) is 28.6 Å². The molecule has 0 radical (unpaired) electrons. The van der Waals surface area contributed by atoms with Crippen LogP contribution in [-0.2, 0) is 29.2 Å². The summed E-state index contributed by atoms with van der Waals surface area (Å²) in [6, 6.07) is 18.7. The van der Waals surface area contributed by atoms with Gasteiger partial charge in [0.05, 0.1) is 12.0 Å². The van der Waals surface area contributed by atoms with Crippen molar-refractivity contribution in [1.29, 1.82) is 0 Å². The number of nitrogens with zero attached hydrogens (tertiary/aromatic N) is 2. The first-order valence-corrected chi connectivity index (χ1v) is 10.9. The molecule has 0 spiro atoms. The molecule has 0 N–H and O–H groups in total. The maximum Gasteiger partial charge on any atom is 0.359 e. The van der Waals surface area contributed by atoms with Gasteiger partial charge in [-0.15, -0.1) is 0 Å². The van der Waals surface area contributed by atoms with Crippen LogP contribution in [0.25, 0.3) is 10.8 Å². The lowest BCUT2D eigenvalue weighted by Gasteiger charge is -2.28. The van der Waals surface area contributed by atoms with E-state index < -0.39 is 18.1 Å². The molecule has 8 heteroatoms. The van der Waals surface area contributed by atoms with Crippen molar-refractivity contribution in [2.24, 2.45) is 0 Å². The second-order valence-electron chi connectivity index (χ2n) is 7.82. The Balaban J connectivity index is 1.44. The summed E-state index contributed by atoms with van der Waals surface area (Å²) in [5.41, 5.74) is 1.46. The van der Waals surface area contributed by atoms with E-state index in [1.165, 1.54) is 16.8 Å². The Morgan fingerprint density at radius 2 is 1.85 bits per heavy atom. The number of esters is 1. The van der Waals surface area contributed by atoms with Crippen molar-refractivity contribution in [1.82, 2.24) is 9.78 Å². The lowest BCUT2D eigenvalue weighted by atomic mass is 10.1. The maximum absolute atomic E-state index is 14.3. The van der Waals surface area contributed by atoms with Gasteiger partial charge >= 0.3 is 5.97 Å². The summed E-state index contributed by atoms with van der Waals surface area (Å²) < 4.78 is 32.8. The summed E-state index contributed by atoms with van der Waals surface area (Å²) in [5.74, 6) is -0.785. The molecule has 1 aliphatic heterocycles. The summed E-state index contributed by atoms with van der Waals surface area (Å²) in [7, 11) is 0. The van der Waals surface area contributed by atoms with Crippen LogP contribution in [0, 0.1) is 5.82 Å². The normalized spacial score (nSPS) is 14.9. The predicted octanol–water partition coefficient (Wildman–Crippen LogP) is 4.52. The monoisotopic (exact) mass is 460 g/mol. The maximum atomic E-state index is 14.3. The van der Waals surface area contributed by atoms with Crippen LogP contribution in [0.5, 0.6) is 5.75 Å². The van der Waals surface area contributed by atoms with Crippen LogP contribution in [0.3, 0.4) is 0 Å². The summed E-state index contributed by atoms with van der Waals surface area (Å²) in [4.78, 5) is 25.5. The molecule has 0 amide bonds. The van der Waals surface area contributed by atoms with E-state index in [-0.39, 0.29) is 24.5 Å². The molecule has 0 aliphatic carbocycles. The first kappa shape index (κ1) is 21.8. The molecule has 172 valence electrons. The van der Waals surface area contributed by atoms with E-state index in [0.29, 0.717) is 34.2 Å². The van der Waals surface area contributed by atoms with Crippen LogP contribution in [0.15, 0.2) is 71.5 Å². The molecule has 0 fully saturated rings. The number of aromatic nitrogens is 2. The average molecular weight is 460 g/mol. The second kappa shape index (κ2) is 9.07. The number of benzene rings is 3. The average Bonchev–Trinajstić information content (AvgIpc) is 2.87. The van der Waals surface area contributed by atoms with E-state index >= 15 is 0 Å². The van der Waals surface area contributed by atoms with Gasteiger partial charge in [-0.1, -0.05) is 48.5 Å². The number of hydrogen-bond acceptors (Lipinski definition) is 6. The van der Waals surface area contributed by atoms with Gasteiger partial charge in [-0.25, -0.2) is 13.9 Å². The molecular weight excluding hydrogens is 439 g/mol. The van der Waals surface area contributed by atoms with Crippen molar-refractivity contribution in [3.05, 3.63) is 105 Å². The number of ether oxygens (including phenoxy) is 3. The van der Waals surface area contributed by atoms with Crippen LogP contribution in [0.1, 0.15) is 40.4 Å². The van der Waals surface area contributed by atoms with Crippen LogP contribution in [0.2, 0.25) is 0 Å². The molecule has 0 saturated carbocycles. The molecular formula is C26H21FN2O5. The van der Waals surface area contributed by atoms with Crippen molar-refractivity contribution in [2.75, 3.05) is 0 Å².